The summed E-state index contributed by atoms with van der Waals surface area (Å²) in [7, 11) is 1.57. The molecule has 0 atom stereocenters. The van der Waals surface area contributed by atoms with E-state index in [2.05, 4.69) is 20.8 Å². The number of carbonyl (C=O) groups excluding carboxylic acids is 2. The second-order valence-electron chi connectivity index (χ2n) is 8.11. The zero-order chi connectivity index (χ0) is 23.0. The molecule has 6 nitrogen and oxygen atoms in total. The van der Waals surface area contributed by atoms with Crippen molar-refractivity contribution in [3.8, 4) is 17.6 Å². The molecule has 1 heterocycles. The zero-order valence-electron chi connectivity index (χ0n) is 19.2. The van der Waals surface area contributed by atoms with E-state index in [0.717, 1.165) is 31.2 Å². The van der Waals surface area contributed by atoms with E-state index in [-0.39, 0.29) is 11.5 Å². The number of methoxy groups -OCH3 is 1. The van der Waals surface area contributed by atoms with Gasteiger partial charge in [0.15, 0.2) is 11.5 Å². The Kier molecular flexibility index (Phi) is 8.87. The van der Waals surface area contributed by atoms with Crippen molar-refractivity contribution in [1.29, 1.82) is 5.26 Å². The molecule has 0 spiro atoms. The first kappa shape index (κ1) is 24.2. The van der Waals surface area contributed by atoms with Gasteiger partial charge in [-0.25, -0.2) is 0 Å². The summed E-state index contributed by atoms with van der Waals surface area (Å²) in [4.78, 5) is 27.0. The van der Waals surface area contributed by atoms with Crippen LogP contribution in [0.15, 0.2) is 34.9 Å². The van der Waals surface area contributed by atoms with Crippen LogP contribution < -0.4 is 9.47 Å². The van der Waals surface area contributed by atoms with Crippen LogP contribution in [0, 0.1) is 17.2 Å². The summed E-state index contributed by atoms with van der Waals surface area (Å²) in [5, 5.41) is 9.52. The Hall–Kier alpha value is -3.07. The third kappa shape index (κ3) is 5.97. The number of imide groups is 1. The van der Waals surface area contributed by atoms with Crippen molar-refractivity contribution in [2.45, 2.75) is 53.4 Å². The molecule has 31 heavy (non-hydrogen) atoms. The minimum absolute atomic E-state index is 0.0187. The molecule has 1 aromatic rings. The second kappa shape index (κ2) is 11.4. The maximum absolute atomic E-state index is 13.1. The molecule has 0 aliphatic carbocycles. The molecule has 0 saturated carbocycles. The highest BCUT2D eigenvalue weighted by Crippen LogP contribution is 2.32. The summed E-state index contributed by atoms with van der Waals surface area (Å²) in [5.74, 6) is 0.703. The van der Waals surface area contributed by atoms with Gasteiger partial charge in [0.1, 0.15) is 11.6 Å². The molecule has 2 rings (SSSR count). The Morgan fingerprint density at radius 2 is 1.87 bits per heavy atom. The number of benzene rings is 1. The van der Waals surface area contributed by atoms with Crippen molar-refractivity contribution < 1.29 is 19.1 Å². The van der Waals surface area contributed by atoms with Crippen molar-refractivity contribution in [3.63, 3.8) is 0 Å². The average molecular weight is 425 g/mol. The fourth-order valence-electron chi connectivity index (χ4n) is 3.35. The number of nitriles is 1. The van der Waals surface area contributed by atoms with E-state index in [9.17, 15) is 14.9 Å². The highest BCUT2D eigenvalue weighted by atomic mass is 16.5. The molecule has 166 valence electrons. The first-order chi connectivity index (χ1) is 14.8. The van der Waals surface area contributed by atoms with Crippen LogP contribution in [0.25, 0.3) is 6.08 Å². The summed E-state index contributed by atoms with van der Waals surface area (Å²) in [6.45, 7) is 8.77. The molecule has 6 heteroatoms. The van der Waals surface area contributed by atoms with Crippen LogP contribution in [0.1, 0.15) is 58.9 Å². The Bertz CT molecular complexity index is 922. The van der Waals surface area contributed by atoms with E-state index >= 15 is 0 Å². The van der Waals surface area contributed by atoms with E-state index in [1.165, 1.54) is 4.90 Å². The number of amides is 2. The molecule has 2 amide bonds. The van der Waals surface area contributed by atoms with E-state index < -0.39 is 5.91 Å². The van der Waals surface area contributed by atoms with Gasteiger partial charge in [0.25, 0.3) is 11.8 Å². The summed E-state index contributed by atoms with van der Waals surface area (Å²) in [6, 6.07) is 7.41. The lowest BCUT2D eigenvalue weighted by Crippen LogP contribution is -2.43. The van der Waals surface area contributed by atoms with Gasteiger partial charge in [-0.2, -0.15) is 5.26 Å². The van der Waals surface area contributed by atoms with Crippen LogP contribution in [0.5, 0.6) is 11.5 Å². The number of ether oxygens (including phenoxy) is 2. The minimum Gasteiger partial charge on any atom is -0.493 e. The Balaban J connectivity index is 2.37. The topological polar surface area (TPSA) is 79.6 Å². The quantitative estimate of drug-likeness (QED) is 0.303. The Morgan fingerprint density at radius 1 is 1.13 bits per heavy atom. The number of hydrogen-bond donors (Lipinski definition) is 0. The van der Waals surface area contributed by atoms with E-state index in [1.54, 1.807) is 32.2 Å². The highest BCUT2D eigenvalue weighted by molar-refractivity contribution is 6.19. The number of unbranched alkanes of at least 4 members (excludes halogenated alkanes) is 3. The number of nitrogens with zero attached hydrogens (tertiary/aromatic N) is 2. The maximum Gasteiger partial charge on any atom is 0.271 e. The normalized spacial score (nSPS) is 15.6. The summed E-state index contributed by atoms with van der Waals surface area (Å²) in [5.41, 5.74) is 1.50. The summed E-state index contributed by atoms with van der Waals surface area (Å²) in [6.07, 6.45) is 5.48. The van der Waals surface area contributed by atoms with Crippen molar-refractivity contribution in [3.05, 3.63) is 40.5 Å². The summed E-state index contributed by atoms with van der Waals surface area (Å²) < 4.78 is 11.2. The molecule has 0 unspecified atom stereocenters. The maximum atomic E-state index is 13.1. The van der Waals surface area contributed by atoms with Gasteiger partial charge >= 0.3 is 0 Å². The van der Waals surface area contributed by atoms with E-state index in [1.807, 2.05) is 12.1 Å². The molecule has 0 saturated heterocycles. The molecule has 0 fully saturated rings. The largest absolute Gasteiger partial charge is 0.493 e. The van der Waals surface area contributed by atoms with Gasteiger partial charge in [-0.05, 0) is 48.6 Å². The third-order valence-corrected chi connectivity index (χ3v) is 5.13. The van der Waals surface area contributed by atoms with Gasteiger partial charge in [-0.3, -0.25) is 14.5 Å². The fourth-order valence-corrected chi connectivity index (χ4v) is 3.35. The van der Waals surface area contributed by atoms with Crippen LogP contribution in [-0.4, -0.2) is 37.0 Å². The standard InChI is InChI=1S/C25H32N2O4/c1-6-7-8-9-12-27-24(28)20(18(4)21(15-26)25(27)29)13-19-10-11-22(23(14-19)30-5)31-16-17(2)3/h10-11,13-14,17H,6-9,12,16H2,1-5H3/b20-13+. The predicted molar refractivity (Wildman–Crippen MR) is 120 cm³/mol. The monoisotopic (exact) mass is 424 g/mol. The van der Waals surface area contributed by atoms with Crippen LogP contribution in [-0.2, 0) is 9.59 Å². The molecular weight excluding hydrogens is 392 g/mol. The second-order valence-corrected chi connectivity index (χ2v) is 8.11. The van der Waals surface area contributed by atoms with Crippen LogP contribution in [0.3, 0.4) is 0 Å². The Labute approximate surface area is 185 Å². The lowest BCUT2D eigenvalue weighted by molar-refractivity contribution is -0.140. The average Bonchev–Trinajstić information content (AvgIpc) is 2.75. The molecule has 1 aliphatic heterocycles. The summed E-state index contributed by atoms with van der Waals surface area (Å²) >= 11 is 0. The van der Waals surface area contributed by atoms with Gasteiger partial charge < -0.3 is 9.47 Å². The fraction of sp³-hybridized carbons (Fsp3) is 0.480. The molecule has 0 radical (unpaired) electrons. The number of carbonyl (C=O) groups is 2. The smallest absolute Gasteiger partial charge is 0.271 e. The molecular formula is C25H32N2O4. The van der Waals surface area contributed by atoms with Gasteiger partial charge in [0, 0.05) is 12.1 Å². The van der Waals surface area contributed by atoms with Gasteiger partial charge in [0.05, 0.1) is 13.7 Å². The van der Waals surface area contributed by atoms with Crippen molar-refractivity contribution in [2.24, 2.45) is 5.92 Å². The number of rotatable bonds is 10. The molecule has 1 aromatic carbocycles. The molecule has 0 N–H and O–H groups in total. The van der Waals surface area contributed by atoms with Crippen molar-refractivity contribution in [2.75, 3.05) is 20.3 Å². The molecule has 0 bridgehead atoms. The first-order valence-electron chi connectivity index (χ1n) is 10.8. The van der Waals surface area contributed by atoms with Crippen LogP contribution >= 0.6 is 0 Å². The van der Waals surface area contributed by atoms with Crippen molar-refractivity contribution in [1.82, 2.24) is 4.90 Å². The third-order valence-electron chi connectivity index (χ3n) is 5.13. The predicted octanol–water partition coefficient (Wildman–Crippen LogP) is 4.90. The number of hydrogen-bond acceptors (Lipinski definition) is 5. The SMILES string of the molecule is CCCCCCN1C(=O)C(C#N)=C(C)/C(=C\c2ccc(OCC(C)C)c(OC)c2)C1=O. The van der Waals surface area contributed by atoms with Gasteiger partial charge in [-0.15, -0.1) is 0 Å². The van der Waals surface area contributed by atoms with Gasteiger partial charge in [0.2, 0.25) is 0 Å². The van der Waals surface area contributed by atoms with E-state index in [4.69, 9.17) is 9.47 Å². The van der Waals surface area contributed by atoms with Crippen molar-refractivity contribution >= 4 is 17.9 Å². The van der Waals surface area contributed by atoms with Crippen LogP contribution in [0.2, 0.25) is 0 Å². The Morgan fingerprint density at radius 3 is 2.48 bits per heavy atom. The zero-order valence-corrected chi connectivity index (χ0v) is 19.2. The minimum atomic E-state index is -0.506. The first-order valence-corrected chi connectivity index (χ1v) is 10.8. The highest BCUT2D eigenvalue weighted by Gasteiger charge is 2.35. The molecule has 1 aliphatic rings. The molecule has 0 aromatic heterocycles. The van der Waals surface area contributed by atoms with Gasteiger partial charge in [-0.1, -0.05) is 46.1 Å². The lowest BCUT2D eigenvalue weighted by atomic mass is 9.93. The lowest BCUT2D eigenvalue weighted by Gasteiger charge is -2.27. The van der Waals surface area contributed by atoms with Crippen LogP contribution in [0.4, 0.5) is 0 Å². The van der Waals surface area contributed by atoms with E-state index in [0.29, 0.717) is 41.7 Å².